The first-order valence-corrected chi connectivity index (χ1v) is 5.61. The van der Waals surface area contributed by atoms with Crippen molar-refractivity contribution in [2.75, 3.05) is 5.75 Å². The number of hydrogen-bond acceptors (Lipinski definition) is 4. The third kappa shape index (κ3) is 2.30. The zero-order valence-corrected chi connectivity index (χ0v) is 9.22. The summed E-state index contributed by atoms with van der Waals surface area (Å²) in [5.41, 5.74) is 0.805. The summed E-state index contributed by atoms with van der Waals surface area (Å²) in [6.45, 7) is 0.271. The van der Waals surface area contributed by atoms with E-state index in [-0.39, 0.29) is 23.4 Å². The topological polar surface area (TPSA) is 50.3 Å². The molecule has 2 heterocycles. The molecule has 0 bridgehead atoms. The van der Waals surface area contributed by atoms with Crippen LogP contribution >= 0.6 is 23.4 Å². The van der Waals surface area contributed by atoms with Crippen molar-refractivity contribution in [3.05, 3.63) is 29.0 Å². The maximum Gasteiger partial charge on any atom is 0.289 e. The minimum Gasteiger partial charge on any atom is -0.273 e. The Morgan fingerprint density at radius 1 is 1.53 bits per heavy atom. The Bertz CT molecular complexity index is 408. The highest BCUT2D eigenvalue weighted by Gasteiger charge is 2.29. The van der Waals surface area contributed by atoms with Crippen LogP contribution in [0.3, 0.4) is 0 Å². The molecule has 0 unspecified atom stereocenters. The number of hydrogen-bond donors (Lipinski definition) is 0. The molecule has 15 heavy (non-hydrogen) atoms. The second-order valence-corrected chi connectivity index (χ2v) is 4.34. The van der Waals surface area contributed by atoms with Gasteiger partial charge in [-0.25, -0.2) is 4.98 Å². The van der Waals surface area contributed by atoms with Gasteiger partial charge in [-0.1, -0.05) is 23.4 Å². The van der Waals surface area contributed by atoms with Crippen LogP contribution in [0.5, 0.6) is 0 Å². The Hall–Kier alpha value is -1.07. The van der Waals surface area contributed by atoms with E-state index in [2.05, 4.69) is 4.98 Å². The molecule has 1 aliphatic heterocycles. The summed E-state index contributed by atoms with van der Waals surface area (Å²) in [4.78, 5) is 27.6. The van der Waals surface area contributed by atoms with Crippen LogP contribution in [0.25, 0.3) is 0 Å². The van der Waals surface area contributed by atoms with Gasteiger partial charge in [-0.05, 0) is 17.7 Å². The van der Waals surface area contributed by atoms with Gasteiger partial charge in [-0.2, -0.15) is 0 Å². The third-order valence-corrected chi connectivity index (χ3v) is 3.04. The van der Waals surface area contributed by atoms with Crippen molar-refractivity contribution in [3.8, 4) is 0 Å². The van der Waals surface area contributed by atoms with Crippen LogP contribution < -0.4 is 0 Å². The van der Waals surface area contributed by atoms with E-state index >= 15 is 0 Å². The molecule has 1 aromatic rings. The number of thioether (sulfide) groups is 1. The molecule has 0 aliphatic carbocycles. The van der Waals surface area contributed by atoms with Gasteiger partial charge in [0.2, 0.25) is 5.91 Å². The summed E-state index contributed by atoms with van der Waals surface area (Å²) in [6.07, 6.45) is 1.55. The van der Waals surface area contributed by atoms with Crippen LogP contribution in [0.1, 0.15) is 5.56 Å². The number of amides is 2. The van der Waals surface area contributed by atoms with E-state index in [1.54, 1.807) is 18.3 Å². The van der Waals surface area contributed by atoms with Crippen LogP contribution in [-0.4, -0.2) is 26.8 Å². The molecule has 4 nitrogen and oxygen atoms in total. The van der Waals surface area contributed by atoms with Crippen molar-refractivity contribution in [1.82, 2.24) is 9.88 Å². The maximum absolute atomic E-state index is 11.3. The molecular weight excluding hydrogens is 236 g/mol. The predicted octanol–water partition coefficient (Wildman–Crippen LogP) is 1.93. The van der Waals surface area contributed by atoms with Crippen molar-refractivity contribution in [2.24, 2.45) is 0 Å². The molecule has 78 valence electrons. The van der Waals surface area contributed by atoms with Crippen molar-refractivity contribution < 1.29 is 9.59 Å². The van der Waals surface area contributed by atoms with Gasteiger partial charge in [0.1, 0.15) is 5.15 Å². The molecule has 0 atom stereocenters. The van der Waals surface area contributed by atoms with Gasteiger partial charge in [0, 0.05) is 6.20 Å². The number of aromatic nitrogens is 1. The fraction of sp³-hybridized carbons (Fsp3) is 0.222. The van der Waals surface area contributed by atoms with Crippen LogP contribution in [-0.2, 0) is 11.3 Å². The smallest absolute Gasteiger partial charge is 0.273 e. The molecule has 1 aromatic heterocycles. The van der Waals surface area contributed by atoms with Crippen molar-refractivity contribution >= 4 is 34.5 Å². The number of carbonyl (C=O) groups excluding carboxylic acids is 2. The normalized spacial score (nSPS) is 16.2. The molecule has 1 fully saturated rings. The number of nitrogens with zero attached hydrogens (tertiary/aromatic N) is 2. The number of halogens is 1. The van der Waals surface area contributed by atoms with Crippen molar-refractivity contribution in [1.29, 1.82) is 0 Å². The average molecular weight is 243 g/mol. The van der Waals surface area contributed by atoms with Crippen molar-refractivity contribution in [2.45, 2.75) is 6.54 Å². The van der Waals surface area contributed by atoms with Gasteiger partial charge in [-0.3, -0.25) is 14.5 Å². The monoisotopic (exact) mass is 242 g/mol. The molecule has 0 saturated carbocycles. The zero-order valence-electron chi connectivity index (χ0n) is 7.64. The van der Waals surface area contributed by atoms with E-state index in [0.29, 0.717) is 5.15 Å². The minimum atomic E-state index is -0.201. The molecule has 6 heteroatoms. The van der Waals surface area contributed by atoms with Gasteiger partial charge in [0.25, 0.3) is 5.24 Å². The summed E-state index contributed by atoms with van der Waals surface area (Å²) < 4.78 is 0. The van der Waals surface area contributed by atoms with E-state index in [4.69, 9.17) is 11.6 Å². The Morgan fingerprint density at radius 3 is 2.93 bits per heavy atom. The van der Waals surface area contributed by atoms with Crippen LogP contribution in [0, 0.1) is 0 Å². The van der Waals surface area contributed by atoms with Gasteiger partial charge >= 0.3 is 0 Å². The Balaban J connectivity index is 2.15. The summed E-state index contributed by atoms with van der Waals surface area (Å²) in [6, 6.07) is 3.38. The highest BCUT2D eigenvalue weighted by molar-refractivity contribution is 8.14. The number of pyridine rings is 1. The zero-order chi connectivity index (χ0) is 10.8. The highest BCUT2D eigenvalue weighted by atomic mass is 35.5. The average Bonchev–Trinajstić information content (AvgIpc) is 2.50. The van der Waals surface area contributed by atoms with E-state index < -0.39 is 0 Å². The van der Waals surface area contributed by atoms with E-state index in [1.807, 2.05) is 0 Å². The summed E-state index contributed by atoms with van der Waals surface area (Å²) in [5.74, 6) is 0.0791. The summed E-state index contributed by atoms with van der Waals surface area (Å²) in [7, 11) is 0. The molecular formula is C9H7ClN2O2S. The van der Waals surface area contributed by atoms with Gasteiger partial charge in [0.05, 0.1) is 12.3 Å². The highest BCUT2D eigenvalue weighted by Crippen LogP contribution is 2.21. The second-order valence-electron chi connectivity index (χ2n) is 3.02. The first kappa shape index (κ1) is 10.4. The van der Waals surface area contributed by atoms with E-state index in [9.17, 15) is 9.59 Å². The molecule has 1 saturated heterocycles. The Kier molecular flexibility index (Phi) is 2.93. The third-order valence-electron chi connectivity index (χ3n) is 1.97. The lowest BCUT2D eigenvalue weighted by molar-refractivity contribution is -0.125. The van der Waals surface area contributed by atoms with Crippen LogP contribution in [0.15, 0.2) is 18.3 Å². The molecule has 1 aliphatic rings. The van der Waals surface area contributed by atoms with Crippen molar-refractivity contribution in [3.63, 3.8) is 0 Å². The quantitative estimate of drug-likeness (QED) is 0.744. The molecule has 0 N–H and O–H groups in total. The first-order chi connectivity index (χ1) is 7.16. The minimum absolute atomic E-state index is 0.155. The first-order valence-electron chi connectivity index (χ1n) is 4.24. The summed E-state index contributed by atoms with van der Waals surface area (Å²) in [5, 5.41) is 0.159. The molecule has 0 radical (unpaired) electrons. The molecule has 0 spiro atoms. The summed E-state index contributed by atoms with van der Waals surface area (Å²) >= 11 is 6.72. The Morgan fingerprint density at radius 2 is 2.33 bits per heavy atom. The predicted molar refractivity (Wildman–Crippen MR) is 57.7 cm³/mol. The van der Waals surface area contributed by atoms with E-state index in [1.165, 1.54) is 4.90 Å². The number of imide groups is 1. The standard InChI is InChI=1S/C9H7ClN2O2S/c10-7-3-6(1-2-11-7)4-12-8(13)5-15-9(12)14/h1-3H,4-5H2. The second kappa shape index (κ2) is 4.20. The van der Waals surface area contributed by atoms with Gasteiger partial charge in [-0.15, -0.1) is 0 Å². The lowest BCUT2D eigenvalue weighted by Crippen LogP contribution is -2.27. The van der Waals surface area contributed by atoms with Crippen LogP contribution in [0.2, 0.25) is 5.15 Å². The van der Waals surface area contributed by atoms with Gasteiger partial charge in [0.15, 0.2) is 0 Å². The number of carbonyl (C=O) groups is 2. The Labute approximate surface area is 95.6 Å². The fourth-order valence-electron chi connectivity index (χ4n) is 1.26. The van der Waals surface area contributed by atoms with Gasteiger partial charge < -0.3 is 0 Å². The molecule has 2 amide bonds. The maximum atomic E-state index is 11.3. The van der Waals surface area contributed by atoms with E-state index in [0.717, 1.165) is 17.3 Å². The molecule has 0 aromatic carbocycles. The lowest BCUT2D eigenvalue weighted by Gasteiger charge is -2.12. The SMILES string of the molecule is O=C1CSC(=O)N1Cc1ccnc(Cl)c1. The largest absolute Gasteiger partial charge is 0.289 e. The molecule has 2 rings (SSSR count). The van der Waals surface area contributed by atoms with Crippen LogP contribution in [0.4, 0.5) is 4.79 Å². The lowest BCUT2D eigenvalue weighted by atomic mass is 10.2. The number of rotatable bonds is 2. The fourth-order valence-corrected chi connectivity index (χ4v) is 2.18.